The fourth-order valence-electron chi connectivity index (χ4n) is 2.73. The van der Waals surface area contributed by atoms with E-state index in [0.717, 1.165) is 11.4 Å². The third kappa shape index (κ3) is 2.87. The van der Waals surface area contributed by atoms with Gasteiger partial charge in [0.2, 0.25) is 0 Å². The molecule has 124 valence electrons. The van der Waals surface area contributed by atoms with Crippen molar-refractivity contribution in [3.05, 3.63) is 72.6 Å². The van der Waals surface area contributed by atoms with Gasteiger partial charge >= 0.3 is 0 Å². The monoisotopic (exact) mass is 332 g/mol. The molecule has 1 N–H and O–H groups in total. The lowest BCUT2D eigenvalue weighted by Gasteiger charge is -2.15. The summed E-state index contributed by atoms with van der Waals surface area (Å²) in [7, 11) is 1.76. The van der Waals surface area contributed by atoms with E-state index in [4.69, 9.17) is 0 Å². The van der Waals surface area contributed by atoms with Crippen molar-refractivity contribution in [2.24, 2.45) is 0 Å². The largest absolute Gasteiger partial charge is 0.345 e. The Morgan fingerprint density at radius 3 is 2.92 bits per heavy atom. The lowest BCUT2D eigenvalue weighted by atomic mass is 10.2. The zero-order valence-electron chi connectivity index (χ0n) is 13.6. The summed E-state index contributed by atoms with van der Waals surface area (Å²) in [6.45, 7) is 0.416. The van der Waals surface area contributed by atoms with Crippen LogP contribution in [0.3, 0.4) is 0 Å². The summed E-state index contributed by atoms with van der Waals surface area (Å²) in [4.78, 5) is 25.4. The van der Waals surface area contributed by atoms with E-state index in [1.807, 2.05) is 42.6 Å². The molecule has 0 fully saturated rings. The van der Waals surface area contributed by atoms with E-state index in [1.165, 1.54) is 6.33 Å². The van der Waals surface area contributed by atoms with Gasteiger partial charge in [-0.15, -0.1) is 0 Å². The molecule has 0 aliphatic carbocycles. The van der Waals surface area contributed by atoms with Crippen molar-refractivity contribution in [1.82, 2.24) is 29.6 Å². The molecule has 4 rings (SSSR count). The Kier molecular flexibility index (Phi) is 3.74. The Hall–Kier alpha value is -3.48. The maximum atomic E-state index is 12.7. The van der Waals surface area contributed by atoms with Crippen molar-refractivity contribution in [3.63, 3.8) is 0 Å². The van der Waals surface area contributed by atoms with Gasteiger partial charge in [-0.05, 0) is 18.2 Å². The molecule has 3 heterocycles. The number of amides is 1. The van der Waals surface area contributed by atoms with Gasteiger partial charge < -0.3 is 9.88 Å². The number of carbonyl (C=O) groups excluding carboxylic acids is 1. The summed E-state index contributed by atoms with van der Waals surface area (Å²) in [5, 5.41) is 5.25. The quantitative estimate of drug-likeness (QED) is 0.622. The highest BCUT2D eigenvalue weighted by atomic mass is 16.2. The predicted octanol–water partition coefficient (Wildman–Crippen LogP) is 2.42. The topological polar surface area (TPSA) is 79.7 Å². The van der Waals surface area contributed by atoms with Gasteiger partial charge in [-0.3, -0.25) is 4.79 Å². The number of hydrogen-bond acceptors (Lipinski definition) is 4. The van der Waals surface area contributed by atoms with Gasteiger partial charge in [0.1, 0.15) is 12.0 Å². The van der Waals surface area contributed by atoms with Crippen molar-refractivity contribution < 1.29 is 4.79 Å². The van der Waals surface area contributed by atoms with Gasteiger partial charge in [0, 0.05) is 31.0 Å². The van der Waals surface area contributed by atoms with Crippen LogP contribution in [0.15, 0.2) is 61.3 Å². The molecule has 3 aromatic heterocycles. The minimum Gasteiger partial charge on any atom is -0.345 e. The molecule has 1 aromatic carbocycles. The summed E-state index contributed by atoms with van der Waals surface area (Å²) in [5.41, 5.74) is 3.01. The van der Waals surface area contributed by atoms with Crippen LogP contribution in [0.4, 0.5) is 0 Å². The summed E-state index contributed by atoms with van der Waals surface area (Å²) >= 11 is 0. The van der Waals surface area contributed by atoms with Crippen molar-refractivity contribution in [2.75, 3.05) is 7.05 Å². The van der Waals surface area contributed by atoms with Crippen molar-refractivity contribution in [2.45, 2.75) is 6.54 Å². The summed E-state index contributed by atoms with van der Waals surface area (Å²) in [6.07, 6.45) is 6.65. The maximum Gasteiger partial charge on any atom is 0.256 e. The number of fused-ring (bicyclic) bond motifs is 1. The molecule has 0 spiro atoms. The highest BCUT2D eigenvalue weighted by Crippen LogP contribution is 2.17. The lowest BCUT2D eigenvalue weighted by Crippen LogP contribution is -2.26. The third-order valence-corrected chi connectivity index (χ3v) is 4.00. The molecule has 0 atom stereocenters. The van der Waals surface area contributed by atoms with Gasteiger partial charge in [-0.1, -0.05) is 18.2 Å². The molecule has 7 heteroatoms. The highest BCUT2D eigenvalue weighted by Gasteiger charge is 2.18. The molecule has 0 aliphatic rings. The van der Waals surface area contributed by atoms with Crippen molar-refractivity contribution >= 4 is 16.9 Å². The van der Waals surface area contributed by atoms with E-state index in [1.54, 1.807) is 29.0 Å². The average molecular weight is 332 g/mol. The van der Waals surface area contributed by atoms with E-state index >= 15 is 0 Å². The Morgan fingerprint density at radius 2 is 2.08 bits per heavy atom. The Labute approximate surface area is 143 Å². The molecule has 1 amide bonds. The normalized spacial score (nSPS) is 10.9. The van der Waals surface area contributed by atoms with Crippen LogP contribution in [0.1, 0.15) is 16.1 Å². The molecule has 0 saturated carbocycles. The number of benzene rings is 1. The van der Waals surface area contributed by atoms with Crippen LogP contribution in [0, 0.1) is 0 Å². The lowest BCUT2D eigenvalue weighted by molar-refractivity contribution is 0.0785. The van der Waals surface area contributed by atoms with Crippen LogP contribution in [0.25, 0.3) is 16.7 Å². The van der Waals surface area contributed by atoms with E-state index in [2.05, 4.69) is 20.1 Å². The molecule has 0 saturated heterocycles. The third-order valence-electron chi connectivity index (χ3n) is 4.00. The zero-order chi connectivity index (χ0) is 17.2. The molecule has 0 radical (unpaired) electrons. The van der Waals surface area contributed by atoms with Crippen LogP contribution in [-0.4, -0.2) is 42.6 Å². The maximum absolute atomic E-state index is 12.7. The first-order chi connectivity index (χ1) is 12.2. The first-order valence-corrected chi connectivity index (χ1v) is 7.85. The van der Waals surface area contributed by atoms with E-state index in [-0.39, 0.29) is 5.91 Å². The fourth-order valence-corrected chi connectivity index (χ4v) is 2.73. The second kappa shape index (κ2) is 6.20. The molecular formula is C18H16N6O. The number of rotatable bonds is 4. The standard InChI is InChI=1S/C18H16N6O/c1-23(18(25)16-10-20-17-15(16)9-19-12-21-17)11-13-7-8-24(22-13)14-5-3-2-4-6-14/h2-10,12H,11H2,1H3,(H,19,20,21). The summed E-state index contributed by atoms with van der Waals surface area (Å²) in [5.74, 6) is -0.102. The number of para-hydroxylation sites is 1. The molecule has 25 heavy (non-hydrogen) atoms. The Morgan fingerprint density at radius 1 is 1.24 bits per heavy atom. The number of carbonyl (C=O) groups is 1. The van der Waals surface area contributed by atoms with Gasteiger partial charge in [0.05, 0.1) is 23.5 Å². The SMILES string of the molecule is CN(Cc1ccn(-c2ccccc2)n1)C(=O)c1c[nH]c2ncncc12. The fraction of sp³-hybridized carbons (Fsp3) is 0.111. The number of aromatic nitrogens is 5. The molecule has 7 nitrogen and oxygen atoms in total. The van der Waals surface area contributed by atoms with E-state index in [0.29, 0.717) is 23.1 Å². The van der Waals surface area contributed by atoms with Crippen molar-refractivity contribution in [1.29, 1.82) is 0 Å². The number of aromatic amines is 1. The van der Waals surface area contributed by atoms with Crippen molar-refractivity contribution in [3.8, 4) is 5.69 Å². The van der Waals surface area contributed by atoms with E-state index in [9.17, 15) is 4.79 Å². The number of H-pyrrole nitrogens is 1. The van der Waals surface area contributed by atoms with E-state index < -0.39 is 0 Å². The van der Waals surface area contributed by atoms with Crippen LogP contribution in [0.2, 0.25) is 0 Å². The van der Waals surface area contributed by atoms with Crippen LogP contribution >= 0.6 is 0 Å². The molecule has 0 aliphatic heterocycles. The molecule has 0 unspecified atom stereocenters. The van der Waals surface area contributed by atoms with Crippen LogP contribution in [0.5, 0.6) is 0 Å². The molecule has 4 aromatic rings. The minimum absolute atomic E-state index is 0.102. The molecule has 0 bridgehead atoms. The summed E-state index contributed by atoms with van der Waals surface area (Å²) in [6, 6.07) is 11.8. The second-order valence-electron chi connectivity index (χ2n) is 5.74. The Balaban J connectivity index is 1.53. The van der Waals surface area contributed by atoms with Crippen LogP contribution in [-0.2, 0) is 6.54 Å². The highest BCUT2D eigenvalue weighted by molar-refractivity contribution is 6.05. The Bertz CT molecular complexity index is 1020. The minimum atomic E-state index is -0.102. The number of nitrogens with zero attached hydrogens (tertiary/aromatic N) is 5. The predicted molar refractivity (Wildman–Crippen MR) is 93.3 cm³/mol. The van der Waals surface area contributed by atoms with Gasteiger partial charge in [0.25, 0.3) is 5.91 Å². The van der Waals surface area contributed by atoms with Gasteiger partial charge in [-0.25, -0.2) is 14.6 Å². The summed E-state index contributed by atoms with van der Waals surface area (Å²) < 4.78 is 1.80. The molecular weight excluding hydrogens is 316 g/mol. The smallest absolute Gasteiger partial charge is 0.256 e. The zero-order valence-corrected chi connectivity index (χ0v) is 13.6. The second-order valence-corrected chi connectivity index (χ2v) is 5.74. The number of nitrogens with one attached hydrogen (secondary N) is 1. The first-order valence-electron chi connectivity index (χ1n) is 7.85. The number of hydrogen-bond donors (Lipinski definition) is 1. The average Bonchev–Trinajstić information content (AvgIpc) is 3.29. The van der Waals surface area contributed by atoms with Gasteiger partial charge in [0.15, 0.2) is 0 Å². The first kappa shape index (κ1) is 15.1. The van der Waals surface area contributed by atoms with Gasteiger partial charge in [-0.2, -0.15) is 5.10 Å². The van der Waals surface area contributed by atoms with Crippen LogP contribution < -0.4 is 0 Å².